The van der Waals surface area contributed by atoms with Crippen LogP contribution in [0.25, 0.3) is 0 Å². The second-order valence-corrected chi connectivity index (χ2v) is 5.45. The van der Waals surface area contributed by atoms with E-state index in [0.29, 0.717) is 23.1 Å². The number of carbonyl (C=O) groups is 1. The largest absolute Gasteiger partial charge is 0.507 e. The summed E-state index contributed by atoms with van der Waals surface area (Å²) in [5.74, 6) is 1.67. The maximum atomic E-state index is 11.0. The lowest BCUT2D eigenvalue weighted by Gasteiger charge is -2.18. The first-order valence-electron chi connectivity index (χ1n) is 6.36. The Morgan fingerprint density at radius 3 is 2.29 bits per heavy atom. The van der Waals surface area contributed by atoms with Gasteiger partial charge in [0.05, 0.1) is 0 Å². The number of aldehydes is 1. The van der Waals surface area contributed by atoms with Crippen LogP contribution in [0.1, 0.15) is 66.9 Å². The number of benzene rings is 1. The van der Waals surface area contributed by atoms with Gasteiger partial charge in [0.15, 0.2) is 0 Å². The maximum absolute atomic E-state index is 11.0. The molecule has 0 heterocycles. The van der Waals surface area contributed by atoms with Gasteiger partial charge < -0.3 is 5.11 Å². The third kappa shape index (κ3) is 2.36. The number of phenolic OH excluding ortho intramolecular Hbond substituents is 1. The molecule has 0 amide bonds. The van der Waals surface area contributed by atoms with Crippen molar-refractivity contribution in [3.8, 4) is 5.75 Å². The van der Waals surface area contributed by atoms with E-state index in [9.17, 15) is 9.90 Å². The summed E-state index contributed by atoms with van der Waals surface area (Å²) in [4.78, 5) is 11.0. The normalized spacial score (nSPS) is 17.2. The van der Waals surface area contributed by atoms with Crippen LogP contribution in [0.4, 0.5) is 0 Å². The van der Waals surface area contributed by atoms with Gasteiger partial charge in [-0.25, -0.2) is 0 Å². The van der Waals surface area contributed by atoms with Gasteiger partial charge in [-0.05, 0) is 53.9 Å². The van der Waals surface area contributed by atoms with Gasteiger partial charge >= 0.3 is 0 Å². The van der Waals surface area contributed by atoms with Crippen LogP contribution in [0.2, 0.25) is 0 Å². The summed E-state index contributed by atoms with van der Waals surface area (Å²) < 4.78 is 0. The minimum atomic E-state index is 0.236. The molecule has 1 fully saturated rings. The molecule has 1 aromatic rings. The molecule has 2 heteroatoms. The highest BCUT2D eigenvalue weighted by Crippen LogP contribution is 2.46. The van der Waals surface area contributed by atoms with Crippen molar-refractivity contribution in [2.45, 2.75) is 45.4 Å². The minimum absolute atomic E-state index is 0.236. The van der Waals surface area contributed by atoms with Crippen LogP contribution in [0, 0.1) is 5.92 Å². The standard InChI is InChI=1S/C15H20O2/c1-9(2)13-6-11(8-16)7-14(15(13)17)10(3)12-4-5-12/h6-10,12,17H,4-5H2,1-3H3. The molecule has 1 unspecified atom stereocenters. The molecule has 0 radical (unpaired) electrons. The molecule has 1 aromatic carbocycles. The SMILES string of the molecule is CC(C)c1cc(C=O)cc(C(C)C2CC2)c1O. The Labute approximate surface area is 103 Å². The number of rotatable bonds is 4. The lowest BCUT2D eigenvalue weighted by atomic mass is 9.89. The van der Waals surface area contributed by atoms with E-state index in [0.717, 1.165) is 17.4 Å². The fraction of sp³-hybridized carbons (Fsp3) is 0.533. The van der Waals surface area contributed by atoms with E-state index in [1.54, 1.807) is 6.07 Å². The predicted molar refractivity (Wildman–Crippen MR) is 68.7 cm³/mol. The van der Waals surface area contributed by atoms with E-state index in [4.69, 9.17) is 0 Å². The highest BCUT2D eigenvalue weighted by Gasteiger charge is 2.31. The lowest BCUT2D eigenvalue weighted by molar-refractivity contribution is 0.112. The van der Waals surface area contributed by atoms with Crippen molar-refractivity contribution in [3.05, 3.63) is 28.8 Å². The minimum Gasteiger partial charge on any atom is -0.507 e. The summed E-state index contributed by atoms with van der Waals surface area (Å²) in [5.41, 5.74) is 2.51. The van der Waals surface area contributed by atoms with Gasteiger partial charge in [-0.3, -0.25) is 4.79 Å². The zero-order valence-electron chi connectivity index (χ0n) is 10.7. The van der Waals surface area contributed by atoms with Crippen LogP contribution < -0.4 is 0 Å². The molecule has 1 aliphatic carbocycles. The molecule has 0 bridgehead atoms. The highest BCUT2D eigenvalue weighted by atomic mass is 16.3. The predicted octanol–water partition coefficient (Wildman–Crippen LogP) is 3.84. The van der Waals surface area contributed by atoms with E-state index >= 15 is 0 Å². The number of phenols is 1. The van der Waals surface area contributed by atoms with E-state index in [1.165, 1.54) is 12.8 Å². The Kier molecular flexibility index (Phi) is 3.23. The highest BCUT2D eigenvalue weighted by molar-refractivity contribution is 5.76. The molecule has 2 rings (SSSR count). The Bertz CT molecular complexity index is 431. The fourth-order valence-electron chi connectivity index (χ4n) is 2.41. The second kappa shape index (κ2) is 4.52. The van der Waals surface area contributed by atoms with Crippen molar-refractivity contribution in [2.24, 2.45) is 5.92 Å². The molecular formula is C15H20O2. The first-order chi connectivity index (χ1) is 8.04. The monoisotopic (exact) mass is 232 g/mol. The molecule has 1 aliphatic rings. The molecule has 0 saturated heterocycles. The van der Waals surface area contributed by atoms with Crippen molar-refractivity contribution >= 4 is 6.29 Å². The van der Waals surface area contributed by atoms with Gasteiger partial charge in [0.2, 0.25) is 0 Å². The quantitative estimate of drug-likeness (QED) is 0.801. The number of aromatic hydroxyl groups is 1. The molecule has 92 valence electrons. The summed E-state index contributed by atoms with van der Waals surface area (Å²) in [7, 11) is 0. The average Bonchev–Trinajstić information content (AvgIpc) is 3.12. The van der Waals surface area contributed by atoms with Gasteiger partial charge in [0.25, 0.3) is 0 Å². The first kappa shape index (κ1) is 12.2. The topological polar surface area (TPSA) is 37.3 Å². The molecule has 1 N–H and O–H groups in total. The van der Waals surface area contributed by atoms with Crippen molar-refractivity contribution in [3.63, 3.8) is 0 Å². The zero-order valence-corrected chi connectivity index (χ0v) is 10.7. The molecule has 2 nitrogen and oxygen atoms in total. The third-order valence-corrected chi connectivity index (χ3v) is 3.77. The van der Waals surface area contributed by atoms with Crippen LogP contribution in [-0.4, -0.2) is 11.4 Å². The Morgan fingerprint density at radius 2 is 1.82 bits per heavy atom. The van der Waals surface area contributed by atoms with Crippen LogP contribution in [0.3, 0.4) is 0 Å². The summed E-state index contributed by atoms with van der Waals surface area (Å²) in [5, 5.41) is 10.3. The number of carbonyl (C=O) groups excluding carboxylic acids is 1. The summed E-state index contributed by atoms with van der Waals surface area (Å²) >= 11 is 0. The number of hydrogen-bond donors (Lipinski definition) is 1. The molecule has 17 heavy (non-hydrogen) atoms. The maximum Gasteiger partial charge on any atom is 0.150 e. The Balaban J connectivity index is 2.48. The van der Waals surface area contributed by atoms with Gasteiger partial charge in [0.1, 0.15) is 12.0 Å². The van der Waals surface area contributed by atoms with Gasteiger partial charge in [-0.15, -0.1) is 0 Å². The third-order valence-electron chi connectivity index (χ3n) is 3.77. The summed E-state index contributed by atoms with van der Waals surface area (Å²) in [6, 6.07) is 3.65. The second-order valence-electron chi connectivity index (χ2n) is 5.45. The smallest absolute Gasteiger partial charge is 0.150 e. The van der Waals surface area contributed by atoms with Crippen LogP contribution >= 0.6 is 0 Å². The molecule has 1 atom stereocenters. The van der Waals surface area contributed by atoms with E-state index in [2.05, 4.69) is 6.92 Å². The molecule has 0 spiro atoms. The van der Waals surface area contributed by atoms with E-state index < -0.39 is 0 Å². The molecular weight excluding hydrogens is 212 g/mol. The van der Waals surface area contributed by atoms with Crippen LogP contribution in [0.5, 0.6) is 5.75 Å². The molecule has 0 aromatic heterocycles. The van der Waals surface area contributed by atoms with Gasteiger partial charge in [0, 0.05) is 5.56 Å². The van der Waals surface area contributed by atoms with Crippen LogP contribution in [0.15, 0.2) is 12.1 Å². The van der Waals surface area contributed by atoms with E-state index in [-0.39, 0.29) is 5.92 Å². The number of hydrogen-bond acceptors (Lipinski definition) is 2. The zero-order chi connectivity index (χ0) is 12.6. The average molecular weight is 232 g/mol. The van der Waals surface area contributed by atoms with Crippen molar-refractivity contribution in [1.82, 2.24) is 0 Å². The van der Waals surface area contributed by atoms with Crippen molar-refractivity contribution < 1.29 is 9.90 Å². The fourth-order valence-corrected chi connectivity index (χ4v) is 2.41. The first-order valence-corrected chi connectivity index (χ1v) is 6.36. The Morgan fingerprint density at radius 1 is 1.24 bits per heavy atom. The van der Waals surface area contributed by atoms with Crippen LogP contribution in [-0.2, 0) is 0 Å². The summed E-state index contributed by atoms with van der Waals surface area (Å²) in [6.07, 6.45) is 3.35. The molecule has 0 aliphatic heterocycles. The van der Waals surface area contributed by atoms with Gasteiger partial charge in [-0.2, -0.15) is 0 Å². The Hall–Kier alpha value is -1.31. The van der Waals surface area contributed by atoms with Gasteiger partial charge in [-0.1, -0.05) is 20.8 Å². The van der Waals surface area contributed by atoms with Crippen molar-refractivity contribution in [2.75, 3.05) is 0 Å². The lowest BCUT2D eigenvalue weighted by Crippen LogP contribution is -2.01. The molecule has 1 saturated carbocycles. The summed E-state index contributed by atoms with van der Waals surface area (Å²) in [6.45, 7) is 6.22. The van der Waals surface area contributed by atoms with E-state index in [1.807, 2.05) is 19.9 Å². The van der Waals surface area contributed by atoms with Crippen molar-refractivity contribution in [1.29, 1.82) is 0 Å².